The van der Waals surface area contributed by atoms with Crippen molar-refractivity contribution in [3.8, 4) is 0 Å². The van der Waals surface area contributed by atoms with Crippen LogP contribution in [-0.4, -0.2) is 53.5 Å². The van der Waals surface area contributed by atoms with Gasteiger partial charge in [-0.1, -0.05) is 12.1 Å². The Bertz CT molecular complexity index is 903. The third-order valence-electron chi connectivity index (χ3n) is 5.58. The van der Waals surface area contributed by atoms with Crippen molar-refractivity contribution in [2.24, 2.45) is 0 Å². The molecule has 2 aliphatic rings. The molecule has 2 aromatic rings. The van der Waals surface area contributed by atoms with Crippen molar-refractivity contribution < 1.29 is 12.8 Å². The number of imidazole rings is 1. The molecule has 1 N–H and O–H groups in total. The summed E-state index contributed by atoms with van der Waals surface area (Å²) in [6.45, 7) is 2.64. The van der Waals surface area contributed by atoms with Gasteiger partial charge in [-0.25, -0.2) is 17.8 Å². The van der Waals surface area contributed by atoms with Gasteiger partial charge in [-0.15, -0.1) is 0 Å². The number of hydrogen-bond donors (Lipinski definition) is 1. The highest BCUT2D eigenvalue weighted by molar-refractivity contribution is 7.88. The minimum Gasteiger partial charge on any atom is -0.348 e. The molecule has 1 aromatic carbocycles. The summed E-state index contributed by atoms with van der Waals surface area (Å²) >= 11 is 0. The Morgan fingerprint density at radius 3 is 2.73 bits per heavy atom. The number of likely N-dealkylation sites (tertiary alicyclic amines) is 1. The van der Waals surface area contributed by atoms with Crippen molar-refractivity contribution in [3.63, 3.8) is 0 Å². The van der Waals surface area contributed by atoms with Crippen LogP contribution in [0.1, 0.15) is 29.8 Å². The number of sulfonamides is 1. The molecule has 1 spiro atoms. The topological polar surface area (TPSA) is 69.3 Å². The van der Waals surface area contributed by atoms with Crippen LogP contribution < -0.4 is 0 Å². The van der Waals surface area contributed by atoms with Crippen LogP contribution in [0.15, 0.2) is 30.6 Å². The van der Waals surface area contributed by atoms with Crippen LogP contribution in [-0.2, 0) is 28.5 Å². The van der Waals surface area contributed by atoms with Crippen molar-refractivity contribution in [3.05, 3.63) is 53.4 Å². The predicted octanol–water partition coefficient (Wildman–Crippen LogP) is 1.86. The SMILES string of the molecule is CS(=O)(=O)N1CCc2[nH]cnc2C12CCN(Cc1cccc(F)c1)CC2. The van der Waals surface area contributed by atoms with E-state index in [1.807, 2.05) is 6.07 Å². The van der Waals surface area contributed by atoms with Crippen molar-refractivity contribution in [1.29, 1.82) is 0 Å². The first kappa shape index (κ1) is 17.6. The lowest BCUT2D eigenvalue weighted by atomic mass is 9.80. The number of halogens is 1. The molecule has 3 heterocycles. The molecule has 1 saturated heterocycles. The van der Waals surface area contributed by atoms with E-state index in [9.17, 15) is 12.8 Å². The van der Waals surface area contributed by atoms with Gasteiger partial charge in [0, 0.05) is 38.3 Å². The lowest BCUT2D eigenvalue weighted by Gasteiger charge is -2.49. The minimum absolute atomic E-state index is 0.229. The number of piperidine rings is 1. The molecule has 0 radical (unpaired) electrons. The number of aromatic nitrogens is 2. The molecule has 26 heavy (non-hydrogen) atoms. The Morgan fingerprint density at radius 2 is 2.04 bits per heavy atom. The number of nitrogens with one attached hydrogen (secondary N) is 1. The fourth-order valence-corrected chi connectivity index (χ4v) is 5.73. The summed E-state index contributed by atoms with van der Waals surface area (Å²) in [5.74, 6) is -0.229. The van der Waals surface area contributed by atoms with Crippen LogP contribution in [0.5, 0.6) is 0 Å². The van der Waals surface area contributed by atoms with Crippen LogP contribution in [0, 0.1) is 5.82 Å². The van der Waals surface area contributed by atoms with Crippen LogP contribution in [0.2, 0.25) is 0 Å². The van der Waals surface area contributed by atoms with Gasteiger partial charge in [-0.3, -0.25) is 4.90 Å². The molecule has 0 amide bonds. The molecule has 1 fully saturated rings. The number of fused-ring (bicyclic) bond motifs is 2. The number of nitrogens with zero attached hydrogens (tertiary/aromatic N) is 3. The Hall–Kier alpha value is -1.77. The molecular formula is C18H23FN4O2S. The summed E-state index contributed by atoms with van der Waals surface area (Å²) in [6.07, 6.45) is 4.99. The monoisotopic (exact) mass is 378 g/mol. The van der Waals surface area contributed by atoms with Gasteiger partial charge in [0.2, 0.25) is 10.0 Å². The summed E-state index contributed by atoms with van der Waals surface area (Å²) < 4.78 is 39.9. The molecule has 2 aliphatic heterocycles. The van der Waals surface area contributed by atoms with E-state index < -0.39 is 15.6 Å². The second kappa shape index (κ2) is 6.44. The predicted molar refractivity (Wildman–Crippen MR) is 96.4 cm³/mol. The summed E-state index contributed by atoms with van der Waals surface area (Å²) in [7, 11) is -3.33. The Kier molecular flexibility index (Phi) is 4.37. The van der Waals surface area contributed by atoms with E-state index in [2.05, 4.69) is 14.9 Å². The maximum atomic E-state index is 13.4. The first-order valence-electron chi connectivity index (χ1n) is 8.86. The molecule has 0 atom stereocenters. The molecule has 0 aliphatic carbocycles. The molecule has 0 saturated carbocycles. The molecule has 4 rings (SSSR count). The normalized spacial score (nSPS) is 21.0. The van der Waals surface area contributed by atoms with Gasteiger partial charge < -0.3 is 4.98 Å². The van der Waals surface area contributed by atoms with Gasteiger partial charge in [0.1, 0.15) is 5.82 Å². The molecule has 0 unspecified atom stereocenters. The van der Waals surface area contributed by atoms with Gasteiger partial charge in [-0.05, 0) is 30.5 Å². The Morgan fingerprint density at radius 1 is 1.27 bits per heavy atom. The van der Waals surface area contributed by atoms with Gasteiger partial charge in [-0.2, -0.15) is 4.31 Å². The standard InChI is InChI=1S/C18H23FN4O2S/c1-26(24,25)23-8-5-16-17(21-13-20-16)18(23)6-9-22(10-7-18)12-14-3-2-4-15(19)11-14/h2-4,11,13H,5-10,12H2,1H3,(H,20,21). The highest BCUT2D eigenvalue weighted by Gasteiger charge is 2.50. The van der Waals surface area contributed by atoms with Crippen molar-refractivity contribution in [1.82, 2.24) is 19.2 Å². The molecule has 8 heteroatoms. The lowest BCUT2D eigenvalue weighted by molar-refractivity contribution is 0.0604. The second-order valence-electron chi connectivity index (χ2n) is 7.25. The first-order chi connectivity index (χ1) is 12.4. The largest absolute Gasteiger partial charge is 0.348 e. The summed E-state index contributed by atoms with van der Waals surface area (Å²) in [5, 5.41) is 0. The fourth-order valence-electron chi connectivity index (χ4n) is 4.40. The Balaban J connectivity index is 1.57. The molecule has 140 valence electrons. The minimum atomic E-state index is -3.33. The summed E-state index contributed by atoms with van der Waals surface area (Å²) in [5.41, 5.74) is 2.28. The van der Waals surface area contributed by atoms with Gasteiger partial charge in [0.15, 0.2) is 0 Å². The summed E-state index contributed by atoms with van der Waals surface area (Å²) in [4.78, 5) is 9.91. The lowest BCUT2D eigenvalue weighted by Crippen LogP contribution is -2.57. The van der Waals surface area contributed by atoms with Crippen LogP contribution in [0.3, 0.4) is 0 Å². The van der Waals surface area contributed by atoms with E-state index in [-0.39, 0.29) is 5.82 Å². The molecule has 1 aromatic heterocycles. The van der Waals surface area contributed by atoms with E-state index in [4.69, 9.17) is 0 Å². The van der Waals surface area contributed by atoms with Crippen LogP contribution in [0.25, 0.3) is 0 Å². The zero-order valence-electron chi connectivity index (χ0n) is 14.8. The third kappa shape index (κ3) is 3.06. The van der Waals surface area contributed by atoms with E-state index in [1.54, 1.807) is 22.8 Å². The van der Waals surface area contributed by atoms with E-state index in [0.717, 1.165) is 30.0 Å². The average molecular weight is 378 g/mol. The zero-order valence-corrected chi connectivity index (χ0v) is 15.6. The molecule has 6 nitrogen and oxygen atoms in total. The van der Waals surface area contributed by atoms with Crippen molar-refractivity contribution >= 4 is 10.0 Å². The van der Waals surface area contributed by atoms with Crippen molar-refractivity contribution in [2.45, 2.75) is 31.3 Å². The first-order valence-corrected chi connectivity index (χ1v) is 10.7. The van der Waals surface area contributed by atoms with E-state index in [0.29, 0.717) is 32.4 Å². The second-order valence-corrected chi connectivity index (χ2v) is 9.16. The van der Waals surface area contributed by atoms with Gasteiger partial charge >= 0.3 is 0 Å². The van der Waals surface area contributed by atoms with Gasteiger partial charge in [0.25, 0.3) is 0 Å². The number of rotatable bonds is 3. The number of benzene rings is 1. The highest BCUT2D eigenvalue weighted by atomic mass is 32.2. The van der Waals surface area contributed by atoms with Crippen LogP contribution >= 0.6 is 0 Å². The molecule has 0 bridgehead atoms. The fraction of sp³-hybridized carbons (Fsp3) is 0.500. The quantitative estimate of drug-likeness (QED) is 0.885. The Labute approximate surface area is 153 Å². The van der Waals surface area contributed by atoms with E-state index in [1.165, 1.54) is 12.3 Å². The van der Waals surface area contributed by atoms with E-state index >= 15 is 0 Å². The number of H-pyrrole nitrogens is 1. The summed E-state index contributed by atoms with van der Waals surface area (Å²) in [6, 6.07) is 6.64. The maximum absolute atomic E-state index is 13.4. The zero-order chi connectivity index (χ0) is 18.4. The highest BCUT2D eigenvalue weighted by Crippen LogP contribution is 2.43. The average Bonchev–Trinajstić information content (AvgIpc) is 3.06. The van der Waals surface area contributed by atoms with Crippen LogP contribution in [0.4, 0.5) is 4.39 Å². The molecular weight excluding hydrogens is 355 g/mol. The third-order valence-corrected chi connectivity index (χ3v) is 6.91. The number of aromatic amines is 1. The maximum Gasteiger partial charge on any atom is 0.212 e. The van der Waals surface area contributed by atoms with Crippen molar-refractivity contribution in [2.75, 3.05) is 25.9 Å². The smallest absolute Gasteiger partial charge is 0.212 e. The van der Waals surface area contributed by atoms with Gasteiger partial charge in [0.05, 0.1) is 23.8 Å². The number of hydrogen-bond acceptors (Lipinski definition) is 4.